The van der Waals surface area contributed by atoms with Crippen molar-refractivity contribution in [2.24, 2.45) is 0 Å². The summed E-state index contributed by atoms with van der Waals surface area (Å²) in [6.07, 6.45) is 7.64. The fourth-order valence-electron chi connectivity index (χ4n) is 10.1. The maximum absolute atomic E-state index is 13.8. The molecule has 0 aliphatic carbocycles. The van der Waals surface area contributed by atoms with Crippen molar-refractivity contribution in [2.75, 3.05) is 45.0 Å². The van der Waals surface area contributed by atoms with E-state index in [-0.39, 0.29) is 36.2 Å². The minimum Gasteiger partial charge on any atom is -0.457 e. The second kappa shape index (κ2) is 16.3. The molecule has 3 N–H and O–H groups in total. The number of aromatic nitrogens is 4. The SMILES string of the molecule is Nc1ncnc2c1c(-c1ccc(Oc3ccccc3)cc1)nn2C1CCN(C(=O)N2CCC(N3CCC(c4ccc5c(c4)CN(C4CCC(=O)NC4=O)C5=O)CC3)CC2)CC1. The molecule has 0 bridgehead atoms. The number of urea groups is 1. The Morgan fingerprint density at radius 1 is 0.754 bits per heavy atom. The van der Waals surface area contributed by atoms with Gasteiger partial charge in [0.15, 0.2) is 5.65 Å². The average Bonchev–Trinajstić information content (AvgIpc) is 3.85. The van der Waals surface area contributed by atoms with Gasteiger partial charge in [-0.1, -0.05) is 30.3 Å². The molecule has 0 saturated carbocycles. The van der Waals surface area contributed by atoms with E-state index in [1.807, 2.05) is 75.1 Å². The van der Waals surface area contributed by atoms with Crippen LogP contribution in [0.2, 0.25) is 0 Å². The number of hydrogen-bond donors (Lipinski definition) is 2. The van der Waals surface area contributed by atoms with Crippen LogP contribution in [0.25, 0.3) is 22.3 Å². The number of likely N-dealkylation sites (tertiary alicyclic amines) is 3. The van der Waals surface area contributed by atoms with Crippen LogP contribution >= 0.6 is 0 Å². The van der Waals surface area contributed by atoms with E-state index in [9.17, 15) is 19.2 Å². The highest BCUT2D eigenvalue weighted by Gasteiger charge is 2.40. The Hall–Kier alpha value is -6.35. The van der Waals surface area contributed by atoms with Crippen molar-refractivity contribution < 1.29 is 23.9 Å². The Balaban J connectivity index is 0.711. The van der Waals surface area contributed by atoms with Gasteiger partial charge < -0.3 is 30.1 Å². The molecule has 1 unspecified atom stereocenters. The summed E-state index contributed by atoms with van der Waals surface area (Å²) in [7, 11) is 0. The fourth-order valence-corrected chi connectivity index (χ4v) is 10.1. The number of nitrogens with two attached hydrogens (primary N) is 1. The summed E-state index contributed by atoms with van der Waals surface area (Å²) in [4.78, 5) is 68.4. The zero-order valence-corrected chi connectivity index (χ0v) is 34.1. The van der Waals surface area contributed by atoms with Gasteiger partial charge in [0.2, 0.25) is 11.8 Å². The van der Waals surface area contributed by atoms with E-state index in [1.165, 1.54) is 11.9 Å². The summed E-state index contributed by atoms with van der Waals surface area (Å²) in [5.41, 5.74) is 11.6. The number of para-hydroxylation sites is 1. The summed E-state index contributed by atoms with van der Waals surface area (Å²) in [5, 5.41) is 8.18. The van der Waals surface area contributed by atoms with Crippen molar-refractivity contribution in [3.8, 4) is 22.8 Å². The van der Waals surface area contributed by atoms with Gasteiger partial charge in [-0.05, 0) is 118 Å². The number of nitrogens with one attached hydrogen (secondary N) is 1. The molecule has 15 nitrogen and oxygen atoms in total. The fraction of sp³-hybridized carbons (Fsp3) is 0.413. The van der Waals surface area contributed by atoms with Crippen molar-refractivity contribution in [3.63, 3.8) is 0 Å². The van der Waals surface area contributed by atoms with E-state index in [4.69, 9.17) is 15.6 Å². The highest BCUT2D eigenvalue weighted by molar-refractivity contribution is 6.05. The third kappa shape index (κ3) is 7.55. The number of nitrogens with zero attached hydrogens (tertiary/aromatic N) is 8. The number of amides is 5. The maximum atomic E-state index is 13.8. The zero-order chi connectivity index (χ0) is 41.6. The van der Waals surface area contributed by atoms with Gasteiger partial charge in [0, 0.05) is 56.3 Å². The highest BCUT2D eigenvalue weighted by atomic mass is 16.5. The lowest BCUT2D eigenvalue weighted by atomic mass is 9.86. The van der Waals surface area contributed by atoms with Crippen LogP contribution in [0.4, 0.5) is 10.6 Å². The smallest absolute Gasteiger partial charge is 0.320 e. The zero-order valence-electron chi connectivity index (χ0n) is 34.1. The third-order valence-electron chi connectivity index (χ3n) is 13.5. The van der Waals surface area contributed by atoms with Gasteiger partial charge in [-0.25, -0.2) is 19.4 Å². The summed E-state index contributed by atoms with van der Waals surface area (Å²) >= 11 is 0. The molecule has 1 atom stereocenters. The summed E-state index contributed by atoms with van der Waals surface area (Å²) in [6.45, 7) is 5.21. The molecular formula is C46H50N10O5. The minimum absolute atomic E-state index is 0.0655. The number of carbonyl (C=O) groups excluding carboxylic acids is 4. The number of fused-ring (bicyclic) bond motifs is 2. The lowest BCUT2D eigenvalue weighted by Crippen LogP contribution is -2.53. The van der Waals surface area contributed by atoms with Gasteiger partial charge in [-0.15, -0.1) is 0 Å². The van der Waals surface area contributed by atoms with Crippen LogP contribution in [0.15, 0.2) is 79.1 Å². The van der Waals surface area contributed by atoms with Crippen molar-refractivity contribution >= 4 is 40.6 Å². The van der Waals surface area contributed by atoms with Gasteiger partial charge in [-0.3, -0.25) is 19.7 Å². The van der Waals surface area contributed by atoms with Gasteiger partial charge in [0.25, 0.3) is 5.91 Å². The van der Waals surface area contributed by atoms with Crippen LogP contribution in [-0.4, -0.2) is 114 Å². The lowest BCUT2D eigenvalue weighted by Gasteiger charge is -2.43. The number of anilines is 1. The first-order chi connectivity index (χ1) is 29.8. The van der Waals surface area contributed by atoms with Gasteiger partial charge in [-0.2, -0.15) is 5.10 Å². The first kappa shape index (κ1) is 38.8. The largest absolute Gasteiger partial charge is 0.457 e. The predicted molar refractivity (Wildman–Crippen MR) is 228 cm³/mol. The number of nitrogen functional groups attached to an aromatic ring is 1. The molecule has 314 valence electrons. The van der Waals surface area contributed by atoms with Crippen molar-refractivity contribution in [1.82, 2.24) is 44.7 Å². The van der Waals surface area contributed by atoms with Crippen LogP contribution in [0.5, 0.6) is 11.5 Å². The molecule has 2 aromatic heterocycles. The Kier molecular flexibility index (Phi) is 10.3. The van der Waals surface area contributed by atoms with Crippen molar-refractivity contribution in [3.05, 3.63) is 95.8 Å². The molecule has 5 aliphatic rings. The molecule has 3 aromatic carbocycles. The van der Waals surface area contributed by atoms with E-state index >= 15 is 0 Å². The summed E-state index contributed by atoms with van der Waals surface area (Å²) in [6, 6.07) is 23.7. The molecule has 7 heterocycles. The van der Waals surface area contributed by atoms with Gasteiger partial charge in [0.1, 0.15) is 35.4 Å². The minimum atomic E-state index is -0.601. The molecule has 61 heavy (non-hydrogen) atoms. The van der Waals surface area contributed by atoms with Crippen LogP contribution in [0.1, 0.15) is 84.8 Å². The van der Waals surface area contributed by atoms with Crippen LogP contribution in [0, 0.1) is 0 Å². The van der Waals surface area contributed by atoms with E-state index in [0.717, 1.165) is 98.4 Å². The third-order valence-corrected chi connectivity index (χ3v) is 13.5. The van der Waals surface area contributed by atoms with Gasteiger partial charge >= 0.3 is 6.03 Å². The molecule has 5 aliphatic heterocycles. The maximum Gasteiger partial charge on any atom is 0.320 e. The Morgan fingerprint density at radius 2 is 1.44 bits per heavy atom. The second-order valence-electron chi connectivity index (χ2n) is 17.0. The standard InChI is InChI=1S/C46H50N10O5/c47-42-40-41(30-6-9-36(10-7-30)61-35-4-2-1-3-5-35)51-56(43(40)49-28-48-42)34-18-24-54(25-19-34)46(60)53-22-16-33(17-23-53)52-20-14-29(15-21-52)31-8-11-37-32(26-31)27-55(45(37)59)38-12-13-39(57)50-44(38)58/h1-11,26,28-29,33-34,38H,12-25,27H2,(H2,47,48,49)(H,50,57,58). The molecule has 15 heteroatoms. The van der Waals surface area contributed by atoms with E-state index in [0.29, 0.717) is 55.0 Å². The first-order valence-electron chi connectivity index (χ1n) is 21.6. The van der Waals surface area contributed by atoms with Crippen molar-refractivity contribution in [1.29, 1.82) is 0 Å². The molecule has 0 radical (unpaired) electrons. The van der Waals surface area contributed by atoms with Crippen molar-refractivity contribution in [2.45, 2.75) is 82.0 Å². The lowest BCUT2D eigenvalue weighted by molar-refractivity contribution is -0.136. The highest BCUT2D eigenvalue weighted by Crippen LogP contribution is 2.37. The molecule has 4 saturated heterocycles. The summed E-state index contributed by atoms with van der Waals surface area (Å²) in [5.74, 6) is 1.49. The van der Waals surface area contributed by atoms with Crippen LogP contribution < -0.4 is 15.8 Å². The molecular weight excluding hydrogens is 773 g/mol. The Morgan fingerprint density at radius 3 is 2.15 bits per heavy atom. The number of piperidine rings is 4. The Bertz CT molecular complexity index is 2470. The predicted octanol–water partition coefficient (Wildman–Crippen LogP) is 5.73. The molecule has 4 fully saturated rings. The normalized spacial score (nSPS) is 21.0. The quantitative estimate of drug-likeness (QED) is 0.193. The van der Waals surface area contributed by atoms with E-state index in [1.54, 1.807) is 4.90 Å². The Labute approximate surface area is 353 Å². The monoisotopic (exact) mass is 822 g/mol. The van der Waals surface area contributed by atoms with E-state index < -0.39 is 6.04 Å². The van der Waals surface area contributed by atoms with Crippen LogP contribution in [0.3, 0.4) is 0 Å². The topological polar surface area (TPSA) is 172 Å². The molecule has 0 spiro atoms. The number of hydrogen-bond acceptors (Lipinski definition) is 10. The average molecular weight is 823 g/mol. The number of rotatable bonds is 7. The van der Waals surface area contributed by atoms with Gasteiger partial charge in [0.05, 0.1) is 11.4 Å². The molecule has 10 rings (SSSR count). The number of imide groups is 1. The second-order valence-corrected chi connectivity index (χ2v) is 17.0. The number of carbonyl (C=O) groups is 4. The van der Waals surface area contributed by atoms with Crippen LogP contribution in [-0.2, 0) is 16.1 Å². The number of benzene rings is 3. The number of ether oxygens (including phenoxy) is 1. The van der Waals surface area contributed by atoms with E-state index in [2.05, 4.69) is 32.3 Å². The summed E-state index contributed by atoms with van der Waals surface area (Å²) < 4.78 is 7.98. The first-order valence-corrected chi connectivity index (χ1v) is 21.6. The molecule has 5 amide bonds. The molecule has 5 aromatic rings.